The highest BCUT2D eigenvalue weighted by atomic mass is 16.5. The van der Waals surface area contributed by atoms with E-state index in [1.54, 1.807) is 14.0 Å². The summed E-state index contributed by atoms with van der Waals surface area (Å²) in [5.41, 5.74) is 11.4. The number of methoxy groups -OCH3 is 1. The summed E-state index contributed by atoms with van der Waals surface area (Å²) < 4.78 is 5.16. The van der Waals surface area contributed by atoms with Crippen molar-refractivity contribution in [3.63, 3.8) is 0 Å². The normalized spacial score (nSPS) is 11.5. The predicted octanol–water partition coefficient (Wildman–Crippen LogP) is 2.63. The van der Waals surface area contributed by atoms with E-state index < -0.39 is 6.03 Å². The molecule has 3 aromatic rings. The van der Waals surface area contributed by atoms with Crippen LogP contribution in [0.15, 0.2) is 47.6 Å². The molecule has 24 heavy (non-hydrogen) atoms. The van der Waals surface area contributed by atoms with Gasteiger partial charge >= 0.3 is 6.03 Å². The lowest BCUT2D eigenvalue weighted by Gasteiger charge is -2.01. The smallest absolute Gasteiger partial charge is 0.332 e. The predicted molar refractivity (Wildman–Crippen MR) is 93.0 cm³/mol. The Bertz CT molecular complexity index is 912. The number of primary amides is 1. The van der Waals surface area contributed by atoms with Crippen LogP contribution in [0.3, 0.4) is 0 Å². The van der Waals surface area contributed by atoms with Crippen molar-refractivity contribution in [1.29, 1.82) is 0 Å². The number of urea groups is 1. The molecule has 4 N–H and O–H groups in total. The van der Waals surface area contributed by atoms with E-state index in [9.17, 15) is 4.79 Å². The van der Waals surface area contributed by atoms with E-state index in [1.165, 1.54) is 0 Å². The zero-order chi connectivity index (χ0) is 17.1. The van der Waals surface area contributed by atoms with Gasteiger partial charge in [0.15, 0.2) is 0 Å². The topological polar surface area (TPSA) is 105 Å². The Morgan fingerprint density at radius 3 is 2.67 bits per heavy atom. The van der Waals surface area contributed by atoms with Crippen LogP contribution in [-0.2, 0) is 0 Å². The minimum Gasteiger partial charge on any atom is -0.497 e. The van der Waals surface area contributed by atoms with E-state index in [0.717, 1.165) is 33.7 Å². The third-order valence-corrected chi connectivity index (χ3v) is 3.60. The van der Waals surface area contributed by atoms with Gasteiger partial charge in [-0.05, 0) is 48.9 Å². The molecule has 0 bridgehead atoms. The molecule has 7 heteroatoms. The molecule has 0 atom stereocenters. The zero-order valence-electron chi connectivity index (χ0n) is 13.3. The number of hydrogen-bond acceptors (Lipinski definition) is 4. The first-order chi connectivity index (χ1) is 11.6. The van der Waals surface area contributed by atoms with Crippen LogP contribution in [0.4, 0.5) is 4.79 Å². The number of imidazole rings is 1. The summed E-state index contributed by atoms with van der Waals surface area (Å²) in [5.74, 6) is 1.57. The monoisotopic (exact) mass is 323 g/mol. The molecule has 0 fully saturated rings. The van der Waals surface area contributed by atoms with Crippen LogP contribution in [0.5, 0.6) is 5.75 Å². The maximum absolute atomic E-state index is 10.7. The Kier molecular flexibility index (Phi) is 4.15. The van der Waals surface area contributed by atoms with Crippen molar-refractivity contribution in [2.75, 3.05) is 7.11 Å². The molecule has 1 heterocycles. The second-order valence-corrected chi connectivity index (χ2v) is 5.22. The van der Waals surface area contributed by atoms with E-state index >= 15 is 0 Å². The maximum Gasteiger partial charge on any atom is 0.332 e. The fourth-order valence-electron chi connectivity index (χ4n) is 2.32. The van der Waals surface area contributed by atoms with Crippen LogP contribution in [0.2, 0.25) is 0 Å². The molecule has 7 nitrogen and oxygen atoms in total. The second-order valence-electron chi connectivity index (χ2n) is 5.22. The van der Waals surface area contributed by atoms with Gasteiger partial charge in [0.2, 0.25) is 0 Å². The lowest BCUT2D eigenvalue weighted by Crippen LogP contribution is -2.25. The quantitative estimate of drug-likeness (QED) is 0.507. The summed E-state index contributed by atoms with van der Waals surface area (Å²) in [5, 5.41) is 3.93. The van der Waals surface area contributed by atoms with Crippen molar-refractivity contribution < 1.29 is 9.53 Å². The summed E-state index contributed by atoms with van der Waals surface area (Å²) >= 11 is 0. The number of carbonyl (C=O) groups excluding carboxylic acids is 1. The molecule has 122 valence electrons. The SMILES string of the molecule is COc1ccc(-c2nc3ccc(/C(C)=N/NC(N)=O)cc3[nH]2)cc1. The molecule has 0 radical (unpaired) electrons. The molecule has 0 saturated carbocycles. The van der Waals surface area contributed by atoms with Gasteiger partial charge in [0.1, 0.15) is 11.6 Å². The first-order valence-electron chi connectivity index (χ1n) is 7.31. The third-order valence-electron chi connectivity index (χ3n) is 3.60. The molecule has 0 spiro atoms. The minimum atomic E-state index is -0.696. The first-order valence-corrected chi connectivity index (χ1v) is 7.31. The average Bonchev–Trinajstić information content (AvgIpc) is 3.02. The number of ether oxygens (including phenoxy) is 1. The third kappa shape index (κ3) is 3.19. The molecule has 0 aliphatic rings. The summed E-state index contributed by atoms with van der Waals surface area (Å²) in [6.07, 6.45) is 0. The summed E-state index contributed by atoms with van der Waals surface area (Å²) in [6.45, 7) is 1.79. The van der Waals surface area contributed by atoms with Crippen molar-refractivity contribution in [1.82, 2.24) is 15.4 Å². The fourth-order valence-corrected chi connectivity index (χ4v) is 2.32. The Hall–Kier alpha value is -3.35. The van der Waals surface area contributed by atoms with E-state index in [4.69, 9.17) is 10.5 Å². The Morgan fingerprint density at radius 2 is 2.00 bits per heavy atom. The second kappa shape index (κ2) is 6.41. The van der Waals surface area contributed by atoms with E-state index in [-0.39, 0.29) is 0 Å². The number of rotatable bonds is 4. The number of hydrazone groups is 1. The molecule has 0 saturated heterocycles. The number of nitrogens with two attached hydrogens (primary N) is 1. The van der Waals surface area contributed by atoms with Gasteiger partial charge in [-0.1, -0.05) is 6.07 Å². The van der Waals surface area contributed by atoms with Gasteiger partial charge in [-0.3, -0.25) is 0 Å². The fraction of sp³-hybridized carbons (Fsp3) is 0.118. The lowest BCUT2D eigenvalue weighted by atomic mass is 10.1. The van der Waals surface area contributed by atoms with Crippen LogP contribution in [0.25, 0.3) is 22.4 Å². The van der Waals surface area contributed by atoms with Crippen molar-refractivity contribution in [3.8, 4) is 17.1 Å². The van der Waals surface area contributed by atoms with Crippen LogP contribution in [0, 0.1) is 0 Å². The largest absolute Gasteiger partial charge is 0.497 e. The van der Waals surface area contributed by atoms with Crippen molar-refractivity contribution in [3.05, 3.63) is 48.0 Å². The molecular weight excluding hydrogens is 306 g/mol. The van der Waals surface area contributed by atoms with Crippen LogP contribution < -0.4 is 15.9 Å². The maximum atomic E-state index is 10.7. The number of hydrogen-bond donors (Lipinski definition) is 3. The summed E-state index contributed by atoms with van der Waals surface area (Å²) in [4.78, 5) is 18.6. The molecule has 3 rings (SSSR count). The Labute approximate surface area is 138 Å². The number of amides is 2. The number of aromatic amines is 1. The van der Waals surface area contributed by atoms with Crippen LogP contribution >= 0.6 is 0 Å². The average molecular weight is 323 g/mol. The van der Waals surface area contributed by atoms with Gasteiger partial charge in [0.05, 0.1) is 23.9 Å². The van der Waals surface area contributed by atoms with Gasteiger partial charge < -0.3 is 15.5 Å². The zero-order valence-corrected chi connectivity index (χ0v) is 13.3. The number of carbonyl (C=O) groups is 1. The standard InChI is InChI=1S/C17H17N5O2/c1-10(21-22-17(18)23)12-5-8-14-15(9-12)20-16(19-14)11-3-6-13(24-2)7-4-11/h3-9H,1-2H3,(H,19,20)(H3,18,22,23)/b21-10+. The van der Waals surface area contributed by atoms with Gasteiger partial charge in [-0.25, -0.2) is 15.2 Å². The van der Waals surface area contributed by atoms with Gasteiger partial charge in [0, 0.05) is 5.56 Å². The Balaban J connectivity index is 1.93. The number of nitrogens with one attached hydrogen (secondary N) is 2. The number of benzene rings is 2. The van der Waals surface area contributed by atoms with Crippen LogP contribution in [-0.4, -0.2) is 28.8 Å². The summed E-state index contributed by atoms with van der Waals surface area (Å²) in [6, 6.07) is 12.7. The lowest BCUT2D eigenvalue weighted by molar-refractivity contribution is 0.249. The molecule has 0 aliphatic carbocycles. The molecule has 2 amide bonds. The number of fused-ring (bicyclic) bond motifs is 1. The first kappa shape index (κ1) is 15.5. The van der Waals surface area contributed by atoms with Crippen molar-refractivity contribution in [2.24, 2.45) is 10.8 Å². The highest BCUT2D eigenvalue weighted by Crippen LogP contribution is 2.23. The molecule has 1 aromatic heterocycles. The van der Waals surface area contributed by atoms with Gasteiger partial charge in [-0.15, -0.1) is 0 Å². The highest BCUT2D eigenvalue weighted by molar-refractivity contribution is 6.01. The molecule has 0 aliphatic heterocycles. The molecule has 2 aromatic carbocycles. The Morgan fingerprint density at radius 1 is 1.25 bits per heavy atom. The van der Waals surface area contributed by atoms with E-state index in [2.05, 4.69) is 20.5 Å². The number of H-pyrrole nitrogens is 1. The van der Waals surface area contributed by atoms with Crippen molar-refractivity contribution in [2.45, 2.75) is 6.92 Å². The summed E-state index contributed by atoms with van der Waals surface area (Å²) in [7, 11) is 1.63. The number of aromatic nitrogens is 2. The van der Waals surface area contributed by atoms with E-state index in [0.29, 0.717) is 5.71 Å². The minimum absolute atomic E-state index is 0.649. The van der Waals surface area contributed by atoms with Gasteiger partial charge in [0.25, 0.3) is 0 Å². The number of nitrogens with zero attached hydrogens (tertiary/aromatic N) is 2. The highest BCUT2D eigenvalue weighted by Gasteiger charge is 2.07. The van der Waals surface area contributed by atoms with Crippen LogP contribution in [0.1, 0.15) is 12.5 Å². The van der Waals surface area contributed by atoms with Crippen molar-refractivity contribution >= 4 is 22.8 Å². The molecule has 0 unspecified atom stereocenters. The van der Waals surface area contributed by atoms with Gasteiger partial charge in [-0.2, -0.15) is 5.10 Å². The van der Waals surface area contributed by atoms with E-state index in [1.807, 2.05) is 42.5 Å². The molecular formula is C17H17N5O2.